The Morgan fingerprint density at radius 1 is 1.35 bits per heavy atom. The van der Waals surface area contributed by atoms with Crippen LogP contribution in [0.1, 0.15) is 12.8 Å². The molecule has 94 valence electrons. The summed E-state index contributed by atoms with van der Waals surface area (Å²) in [6, 6.07) is 2.43. The molecule has 0 saturated carbocycles. The Bertz CT molecular complexity index is 360. The zero-order valence-corrected chi connectivity index (χ0v) is 10.8. The summed E-state index contributed by atoms with van der Waals surface area (Å²) >= 11 is 0. The zero-order chi connectivity index (χ0) is 12.3. The second-order valence-electron chi connectivity index (χ2n) is 4.72. The minimum absolute atomic E-state index is 0.501. The van der Waals surface area contributed by atoms with Gasteiger partial charge in [-0.3, -0.25) is 0 Å². The highest BCUT2D eigenvalue weighted by Crippen LogP contribution is 2.16. The van der Waals surface area contributed by atoms with E-state index in [1.54, 1.807) is 0 Å². The van der Waals surface area contributed by atoms with Gasteiger partial charge in [-0.05, 0) is 25.5 Å². The first-order chi connectivity index (χ1) is 8.18. The quantitative estimate of drug-likeness (QED) is 0.837. The van der Waals surface area contributed by atoms with Crippen molar-refractivity contribution in [3.05, 3.63) is 12.3 Å². The van der Waals surface area contributed by atoms with Crippen LogP contribution in [-0.2, 0) is 0 Å². The Labute approximate surface area is 103 Å². The molecule has 2 rings (SSSR count). The van der Waals surface area contributed by atoms with Gasteiger partial charge in [-0.25, -0.2) is 4.98 Å². The summed E-state index contributed by atoms with van der Waals surface area (Å²) in [5.74, 6) is 1.76. The van der Waals surface area contributed by atoms with Gasteiger partial charge in [0.15, 0.2) is 0 Å². The molecule has 2 heterocycles. The number of aromatic nitrogens is 2. The third-order valence-electron chi connectivity index (χ3n) is 3.22. The smallest absolute Gasteiger partial charge is 0.227 e. The Morgan fingerprint density at radius 2 is 2.18 bits per heavy atom. The molecule has 1 aromatic rings. The van der Waals surface area contributed by atoms with Crippen LogP contribution in [-0.4, -0.2) is 50.2 Å². The van der Waals surface area contributed by atoms with Crippen molar-refractivity contribution >= 4 is 11.8 Å². The molecule has 1 aromatic heterocycles. The van der Waals surface area contributed by atoms with Gasteiger partial charge < -0.3 is 15.1 Å². The van der Waals surface area contributed by atoms with Gasteiger partial charge in [0.2, 0.25) is 5.95 Å². The molecule has 0 aliphatic carbocycles. The minimum Gasteiger partial charge on any atom is -0.363 e. The van der Waals surface area contributed by atoms with E-state index in [1.807, 2.05) is 31.3 Å². The van der Waals surface area contributed by atoms with Crippen LogP contribution in [0.25, 0.3) is 0 Å². The molecule has 0 amide bonds. The molecule has 0 bridgehead atoms. The number of anilines is 2. The van der Waals surface area contributed by atoms with Crippen LogP contribution in [0.4, 0.5) is 11.8 Å². The first-order valence-corrected chi connectivity index (χ1v) is 6.12. The third kappa shape index (κ3) is 2.85. The van der Waals surface area contributed by atoms with E-state index in [1.165, 1.54) is 12.8 Å². The fourth-order valence-corrected chi connectivity index (χ4v) is 2.09. The molecule has 5 heteroatoms. The fourth-order valence-electron chi connectivity index (χ4n) is 2.09. The predicted molar refractivity (Wildman–Crippen MR) is 70.7 cm³/mol. The van der Waals surface area contributed by atoms with Crippen LogP contribution in [0.2, 0.25) is 0 Å². The number of likely N-dealkylation sites (N-methyl/N-ethyl adjacent to an activating group) is 1. The molecule has 1 unspecified atom stereocenters. The van der Waals surface area contributed by atoms with E-state index in [-0.39, 0.29) is 0 Å². The van der Waals surface area contributed by atoms with Gasteiger partial charge in [0.1, 0.15) is 5.82 Å². The number of hydrogen-bond donors (Lipinski definition) is 1. The van der Waals surface area contributed by atoms with Crippen molar-refractivity contribution in [3.8, 4) is 0 Å². The number of nitrogens with one attached hydrogen (secondary N) is 1. The van der Waals surface area contributed by atoms with Gasteiger partial charge in [0, 0.05) is 39.9 Å². The molecule has 1 N–H and O–H groups in total. The maximum absolute atomic E-state index is 4.56. The van der Waals surface area contributed by atoms with Gasteiger partial charge >= 0.3 is 0 Å². The first kappa shape index (κ1) is 12.1. The lowest BCUT2D eigenvalue weighted by Crippen LogP contribution is -2.44. The number of nitrogens with zero attached hydrogens (tertiary/aromatic N) is 4. The van der Waals surface area contributed by atoms with Crippen LogP contribution in [0, 0.1) is 0 Å². The van der Waals surface area contributed by atoms with Gasteiger partial charge in [0.25, 0.3) is 0 Å². The Kier molecular flexibility index (Phi) is 3.78. The number of rotatable bonds is 3. The lowest BCUT2D eigenvalue weighted by atomic mass is 10.1. The van der Waals surface area contributed by atoms with Gasteiger partial charge in [-0.2, -0.15) is 4.98 Å². The summed E-state index contributed by atoms with van der Waals surface area (Å²) in [7, 11) is 6.06. The lowest BCUT2D eigenvalue weighted by molar-refractivity contribution is 0.441. The van der Waals surface area contributed by atoms with Crippen LogP contribution in [0.3, 0.4) is 0 Å². The summed E-state index contributed by atoms with van der Waals surface area (Å²) in [5, 5.41) is 3.42. The van der Waals surface area contributed by atoms with Crippen LogP contribution >= 0.6 is 0 Å². The minimum atomic E-state index is 0.501. The second-order valence-corrected chi connectivity index (χ2v) is 4.72. The normalized spacial score (nSPS) is 20.1. The molecule has 5 nitrogen and oxygen atoms in total. The lowest BCUT2D eigenvalue weighted by Gasteiger charge is -2.31. The molecular formula is C12H21N5. The van der Waals surface area contributed by atoms with Crippen LogP contribution in [0.5, 0.6) is 0 Å². The molecule has 1 fully saturated rings. The Hall–Kier alpha value is -1.36. The zero-order valence-electron chi connectivity index (χ0n) is 10.8. The van der Waals surface area contributed by atoms with E-state index in [0.29, 0.717) is 6.04 Å². The van der Waals surface area contributed by atoms with Crippen LogP contribution in [0.15, 0.2) is 12.3 Å². The SMILES string of the molecule is CN(C)c1ccnc(N(C)C2CCCNC2)n1. The Balaban J connectivity index is 2.12. The molecule has 1 atom stereocenters. The highest BCUT2D eigenvalue weighted by atomic mass is 15.3. The average molecular weight is 235 g/mol. The van der Waals surface area contributed by atoms with Crippen molar-refractivity contribution in [2.24, 2.45) is 0 Å². The molecule has 0 radical (unpaired) electrons. The van der Waals surface area contributed by atoms with E-state index in [2.05, 4.69) is 27.2 Å². The predicted octanol–water partition coefficient (Wildman–Crippen LogP) is 0.731. The summed E-state index contributed by atoms with van der Waals surface area (Å²) in [5.41, 5.74) is 0. The Morgan fingerprint density at radius 3 is 2.82 bits per heavy atom. The van der Waals surface area contributed by atoms with E-state index in [9.17, 15) is 0 Å². The maximum Gasteiger partial charge on any atom is 0.227 e. The van der Waals surface area contributed by atoms with Crippen molar-refractivity contribution in [1.82, 2.24) is 15.3 Å². The number of piperidine rings is 1. The standard InChI is InChI=1S/C12H21N5/c1-16(2)11-6-8-14-12(15-11)17(3)10-5-4-7-13-9-10/h6,8,10,13H,4-5,7,9H2,1-3H3. The molecule has 0 aromatic carbocycles. The van der Waals surface area contributed by atoms with Crippen molar-refractivity contribution in [3.63, 3.8) is 0 Å². The third-order valence-corrected chi connectivity index (χ3v) is 3.22. The second kappa shape index (κ2) is 5.31. The summed E-state index contributed by atoms with van der Waals surface area (Å²) in [6.45, 7) is 2.15. The van der Waals surface area contributed by atoms with Gasteiger partial charge in [-0.1, -0.05) is 0 Å². The summed E-state index contributed by atoms with van der Waals surface area (Å²) in [6.07, 6.45) is 4.26. The van der Waals surface area contributed by atoms with Crippen molar-refractivity contribution in [1.29, 1.82) is 0 Å². The van der Waals surface area contributed by atoms with Crippen molar-refractivity contribution in [2.45, 2.75) is 18.9 Å². The maximum atomic E-state index is 4.56. The molecule has 1 aliphatic heterocycles. The molecule has 1 saturated heterocycles. The molecule has 1 aliphatic rings. The van der Waals surface area contributed by atoms with Crippen molar-refractivity contribution < 1.29 is 0 Å². The fraction of sp³-hybridized carbons (Fsp3) is 0.667. The van der Waals surface area contributed by atoms with E-state index >= 15 is 0 Å². The monoisotopic (exact) mass is 235 g/mol. The van der Waals surface area contributed by atoms with Gasteiger partial charge in [0.05, 0.1) is 0 Å². The first-order valence-electron chi connectivity index (χ1n) is 6.12. The van der Waals surface area contributed by atoms with Crippen LogP contribution < -0.4 is 15.1 Å². The highest BCUT2D eigenvalue weighted by Gasteiger charge is 2.19. The molecular weight excluding hydrogens is 214 g/mol. The van der Waals surface area contributed by atoms with Crippen molar-refractivity contribution in [2.75, 3.05) is 44.0 Å². The molecule has 0 spiro atoms. The highest BCUT2D eigenvalue weighted by molar-refractivity contribution is 5.42. The number of hydrogen-bond acceptors (Lipinski definition) is 5. The van der Waals surface area contributed by atoms with E-state index in [4.69, 9.17) is 0 Å². The summed E-state index contributed by atoms with van der Waals surface area (Å²) in [4.78, 5) is 13.1. The van der Waals surface area contributed by atoms with E-state index in [0.717, 1.165) is 24.9 Å². The van der Waals surface area contributed by atoms with Gasteiger partial charge in [-0.15, -0.1) is 0 Å². The summed E-state index contributed by atoms with van der Waals surface area (Å²) < 4.78 is 0. The largest absolute Gasteiger partial charge is 0.363 e. The average Bonchev–Trinajstić information content (AvgIpc) is 2.39. The van der Waals surface area contributed by atoms with E-state index < -0.39 is 0 Å². The topological polar surface area (TPSA) is 44.3 Å². The molecule has 17 heavy (non-hydrogen) atoms.